The summed E-state index contributed by atoms with van der Waals surface area (Å²) in [5.41, 5.74) is 3.82. The van der Waals surface area contributed by atoms with Crippen LogP contribution in [0.3, 0.4) is 0 Å². The molecular formula is C20H24BrN. The first kappa shape index (κ1) is 18.5. The van der Waals surface area contributed by atoms with E-state index in [1.54, 1.807) is 0 Å². The van der Waals surface area contributed by atoms with Crippen molar-refractivity contribution in [1.82, 2.24) is 0 Å². The van der Waals surface area contributed by atoms with Crippen molar-refractivity contribution in [3.63, 3.8) is 0 Å². The standard InChI is InChI=1S/C20H24N.BrH/c1-3-4-7-19-9-11-20(12-10-19)8-5-6-15-21-16-13-18(2)14-17-21;/h9-14,16-17H,3-4,6-7,15H2,1-2H3;1H/q+1;/p-1. The fourth-order valence-corrected chi connectivity index (χ4v) is 2.17. The van der Waals surface area contributed by atoms with E-state index in [0.29, 0.717) is 0 Å². The quantitative estimate of drug-likeness (QED) is 0.556. The summed E-state index contributed by atoms with van der Waals surface area (Å²) in [7, 11) is 0. The number of halogens is 1. The van der Waals surface area contributed by atoms with Gasteiger partial charge in [0.15, 0.2) is 18.9 Å². The molecule has 2 rings (SSSR count). The van der Waals surface area contributed by atoms with E-state index >= 15 is 0 Å². The number of benzene rings is 1. The largest absolute Gasteiger partial charge is 1.00 e. The average molecular weight is 358 g/mol. The van der Waals surface area contributed by atoms with Gasteiger partial charge in [-0.15, -0.1) is 0 Å². The van der Waals surface area contributed by atoms with Gasteiger partial charge in [0.25, 0.3) is 0 Å². The number of hydrogen-bond donors (Lipinski definition) is 0. The first-order valence-corrected chi connectivity index (χ1v) is 7.81. The van der Waals surface area contributed by atoms with E-state index in [4.69, 9.17) is 0 Å². The maximum absolute atomic E-state index is 3.26. The van der Waals surface area contributed by atoms with Gasteiger partial charge < -0.3 is 17.0 Å². The molecule has 0 saturated carbocycles. The third kappa shape index (κ3) is 6.45. The molecule has 2 aromatic rings. The summed E-state index contributed by atoms with van der Waals surface area (Å²) in [5.74, 6) is 6.50. The van der Waals surface area contributed by atoms with E-state index < -0.39 is 0 Å². The second kappa shape index (κ2) is 10.2. The van der Waals surface area contributed by atoms with Gasteiger partial charge in [0.05, 0.1) is 6.42 Å². The van der Waals surface area contributed by atoms with Crippen molar-refractivity contribution in [2.75, 3.05) is 0 Å². The first-order chi connectivity index (χ1) is 10.3. The Morgan fingerprint density at radius 1 is 1.00 bits per heavy atom. The topological polar surface area (TPSA) is 3.88 Å². The van der Waals surface area contributed by atoms with Gasteiger partial charge in [-0.1, -0.05) is 37.3 Å². The van der Waals surface area contributed by atoms with E-state index in [2.05, 4.69) is 79.0 Å². The van der Waals surface area contributed by atoms with Crippen molar-refractivity contribution in [2.24, 2.45) is 0 Å². The van der Waals surface area contributed by atoms with Gasteiger partial charge in [0, 0.05) is 17.7 Å². The lowest BCUT2D eigenvalue weighted by atomic mass is 10.1. The molecule has 0 saturated heterocycles. The highest BCUT2D eigenvalue weighted by Crippen LogP contribution is 2.07. The Hall–Kier alpha value is -1.59. The molecule has 2 heteroatoms. The normalized spacial score (nSPS) is 9.55. The molecule has 0 bridgehead atoms. The molecule has 0 spiro atoms. The lowest BCUT2D eigenvalue weighted by Crippen LogP contribution is -3.00. The zero-order valence-corrected chi connectivity index (χ0v) is 15.1. The molecule has 1 aromatic carbocycles. The lowest BCUT2D eigenvalue weighted by molar-refractivity contribution is -0.696. The second-order valence-electron chi connectivity index (χ2n) is 5.47. The summed E-state index contributed by atoms with van der Waals surface area (Å²) >= 11 is 0. The molecule has 1 nitrogen and oxygen atoms in total. The van der Waals surface area contributed by atoms with Crippen molar-refractivity contribution < 1.29 is 21.5 Å². The molecule has 0 aliphatic heterocycles. The maximum Gasteiger partial charge on any atom is 0.169 e. The maximum atomic E-state index is 3.26. The summed E-state index contributed by atoms with van der Waals surface area (Å²) < 4.78 is 2.18. The van der Waals surface area contributed by atoms with E-state index in [1.165, 1.54) is 30.4 Å². The van der Waals surface area contributed by atoms with Gasteiger partial charge in [-0.3, -0.25) is 0 Å². The van der Waals surface area contributed by atoms with Crippen molar-refractivity contribution in [3.8, 4) is 11.8 Å². The third-order valence-electron chi connectivity index (χ3n) is 3.56. The highest BCUT2D eigenvalue weighted by Gasteiger charge is 1.96. The molecule has 0 aliphatic carbocycles. The second-order valence-corrected chi connectivity index (χ2v) is 5.47. The lowest BCUT2D eigenvalue weighted by Gasteiger charge is -1.99. The van der Waals surface area contributed by atoms with Crippen LogP contribution in [0.25, 0.3) is 0 Å². The Morgan fingerprint density at radius 2 is 1.68 bits per heavy atom. The molecular weight excluding hydrogens is 334 g/mol. The van der Waals surface area contributed by atoms with Gasteiger partial charge >= 0.3 is 0 Å². The Bertz CT molecular complexity index is 603. The van der Waals surface area contributed by atoms with Crippen LogP contribution in [-0.4, -0.2) is 0 Å². The zero-order valence-electron chi connectivity index (χ0n) is 13.5. The number of pyridine rings is 1. The molecule has 0 aliphatic rings. The van der Waals surface area contributed by atoms with Gasteiger partial charge in [-0.05, 0) is 43.0 Å². The summed E-state index contributed by atoms with van der Waals surface area (Å²) in [6.45, 7) is 5.28. The number of aromatic nitrogens is 1. The Labute approximate surface area is 145 Å². The van der Waals surface area contributed by atoms with Crippen LogP contribution in [0.4, 0.5) is 0 Å². The molecule has 0 atom stereocenters. The van der Waals surface area contributed by atoms with Crippen LogP contribution in [0.2, 0.25) is 0 Å². The van der Waals surface area contributed by atoms with Gasteiger partial charge in [-0.2, -0.15) is 0 Å². The summed E-state index contributed by atoms with van der Waals surface area (Å²) in [5, 5.41) is 0. The number of nitrogens with zero attached hydrogens (tertiary/aromatic N) is 1. The fourth-order valence-electron chi connectivity index (χ4n) is 2.17. The highest BCUT2D eigenvalue weighted by atomic mass is 79.9. The highest BCUT2D eigenvalue weighted by molar-refractivity contribution is 5.36. The third-order valence-corrected chi connectivity index (χ3v) is 3.56. The molecule has 0 fully saturated rings. The molecule has 1 heterocycles. The van der Waals surface area contributed by atoms with E-state index in [0.717, 1.165) is 18.5 Å². The number of unbranched alkanes of at least 4 members (excludes halogenated alkanes) is 1. The predicted molar refractivity (Wildman–Crippen MR) is 87.9 cm³/mol. The first-order valence-electron chi connectivity index (χ1n) is 7.81. The number of hydrogen-bond acceptors (Lipinski definition) is 0. The van der Waals surface area contributed by atoms with E-state index in [9.17, 15) is 0 Å². The average Bonchev–Trinajstić information content (AvgIpc) is 2.52. The van der Waals surface area contributed by atoms with E-state index in [1.807, 2.05) is 0 Å². The van der Waals surface area contributed by atoms with Crippen LogP contribution in [-0.2, 0) is 13.0 Å². The smallest absolute Gasteiger partial charge is 0.169 e. The van der Waals surface area contributed by atoms with Crippen LogP contribution >= 0.6 is 0 Å². The SMILES string of the molecule is CCCCc1ccc(C#CCC[n+]2ccc(C)cc2)cc1.[Br-]. The van der Waals surface area contributed by atoms with Crippen LogP contribution in [0, 0.1) is 18.8 Å². The molecule has 22 heavy (non-hydrogen) atoms. The summed E-state index contributed by atoms with van der Waals surface area (Å²) in [6, 6.07) is 12.9. The molecule has 0 amide bonds. The minimum atomic E-state index is 0. The monoisotopic (exact) mass is 357 g/mol. The van der Waals surface area contributed by atoms with Gasteiger partial charge in [0.1, 0.15) is 0 Å². The molecule has 116 valence electrons. The Kier molecular flexibility index (Phi) is 8.55. The molecule has 0 N–H and O–H groups in total. The van der Waals surface area contributed by atoms with Crippen molar-refractivity contribution in [2.45, 2.75) is 46.1 Å². The van der Waals surface area contributed by atoms with Crippen molar-refractivity contribution in [1.29, 1.82) is 0 Å². The summed E-state index contributed by atoms with van der Waals surface area (Å²) in [4.78, 5) is 0. The minimum absolute atomic E-state index is 0. The molecule has 1 aromatic heterocycles. The minimum Gasteiger partial charge on any atom is -1.00 e. The van der Waals surface area contributed by atoms with Crippen LogP contribution in [0.15, 0.2) is 48.8 Å². The zero-order chi connectivity index (χ0) is 14.9. The molecule has 0 radical (unpaired) electrons. The fraction of sp³-hybridized carbons (Fsp3) is 0.350. The van der Waals surface area contributed by atoms with Gasteiger partial charge in [-0.25, -0.2) is 4.57 Å². The van der Waals surface area contributed by atoms with Gasteiger partial charge in [0.2, 0.25) is 0 Å². The number of rotatable bonds is 5. The Balaban J connectivity index is 0.00000242. The van der Waals surface area contributed by atoms with Crippen LogP contribution in [0.5, 0.6) is 0 Å². The van der Waals surface area contributed by atoms with Crippen LogP contribution < -0.4 is 21.5 Å². The van der Waals surface area contributed by atoms with Crippen molar-refractivity contribution in [3.05, 3.63) is 65.5 Å². The predicted octanol–water partition coefficient (Wildman–Crippen LogP) is 1.07. The number of aryl methyl sites for hydroxylation is 3. The summed E-state index contributed by atoms with van der Waals surface area (Å²) in [6.07, 6.45) is 8.79. The molecule has 0 unspecified atom stereocenters. The van der Waals surface area contributed by atoms with Crippen molar-refractivity contribution >= 4 is 0 Å². The van der Waals surface area contributed by atoms with E-state index in [-0.39, 0.29) is 17.0 Å². The Morgan fingerprint density at radius 3 is 2.32 bits per heavy atom. The van der Waals surface area contributed by atoms with Crippen LogP contribution in [0.1, 0.15) is 42.9 Å².